The Morgan fingerprint density at radius 2 is 2.05 bits per heavy atom. The summed E-state index contributed by atoms with van der Waals surface area (Å²) in [6.45, 7) is 0.755. The van der Waals surface area contributed by atoms with E-state index in [-0.39, 0.29) is 12.2 Å². The molecule has 0 unspecified atom stereocenters. The van der Waals surface area contributed by atoms with Gasteiger partial charge in [-0.25, -0.2) is 4.39 Å². The van der Waals surface area contributed by atoms with Crippen LogP contribution in [0.3, 0.4) is 0 Å². The Balaban J connectivity index is 1.98. The fraction of sp³-hybridized carbons (Fsp3) is 0.308. The van der Waals surface area contributed by atoms with Gasteiger partial charge in [-0.05, 0) is 31.3 Å². The van der Waals surface area contributed by atoms with E-state index >= 15 is 0 Å². The van der Waals surface area contributed by atoms with Gasteiger partial charge in [-0.3, -0.25) is 9.69 Å². The topological polar surface area (TPSA) is 79.5 Å². The number of aliphatic carboxylic acids is 1. The van der Waals surface area contributed by atoms with Crippen molar-refractivity contribution >= 4 is 5.97 Å². The Kier molecular flexibility index (Phi) is 4.41. The summed E-state index contributed by atoms with van der Waals surface area (Å²) < 4.78 is 18.3. The van der Waals surface area contributed by atoms with Gasteiger partial charge in [-0.2, -0.15) is 0 Å². The van der Waals surface area contributed by atoms with Gasteiger partial charge in [0, 0.05) is 12.1 Å². The highest BCUT2D eigenvalue weighted by Crippen LogP contribution is 2.18. The number of carbonyl (C=O) groups is 1. The summed E-state index contributed by atoms with van der Waals surface area (Å²) in [7, 11) is 1.77. The lowest BCUT2D eigenvalue weighted by Crippen LogP contribution is -2.21. The van der Waals surface area contributed by atoms with Crippen molar-refractivity contribution in [1.82, 2.24) is 15.1 Å². The molecule has 0 aliphatic rings. The first-order chi connectivity index (χ1) is 9.54. The molecule has 1 heterocycles. The van der Waals surface area contributed by atoms with Gasteiger partial charge >= 0.3 is 5.97 Å². The molecule has 0 fully saturated rings. The fourth-order valence-corrected chi connectivity index (χ4v) is 1.62. The minimum absolute atomic E-state index is 0.0510. The Hall–Kier alpha value is -2.28. The van der Waals surface area contributed by atoms with Crippen LogP contribution in [0.2, 0.25) is 0 Å². The highest BCUT2D eigenvalue weighted by molar-refractivity contribution is 5.66. The average molecular weight is 279 g/mol. The minimum Gasteiger partial charge on any atom is -0.481 e. The lowest BCUT2D eigenvalue weighted by molar-refractivity contribution is -0.137. The monoisotopic (exact) mass is 279 g/mol. The second kappa shape index (κ2) is 6.25. The number of hydrogen-bond donors (Lipinski definition) is 1. The van der Waals surface area contributed by atoms with Crippen LogP contribution < -0.4 is 0 Å². The van der Waals surface area contributed by atoms with Gasteiger partial charge in [0.2, 0.25) is 11.8 Å². The van der Waals surface area contributed by atoms with Crippen molar-refractivity contribution in [2.75, 3.05) is 13.6 Å². The first-order valence-corrected chi connectivity index (χ1v) is 6.03. The maximum atomic E-state index is 12.8. The predicted octanol–water partition coefficient (Wildman–Crippen LogP) is 1.78. The quantitative estimate of drug-likeness (QED) is 0.868. The average Bonchev–Trinajstić information content (AvgIpc) is 2.85. The molecule has 0 saturated heterocycles. The van der Waals surface area contributed by atoms with E-state index in [0.717, 1.165) is 0 Å². The fourth-order valence-electron chi connectivity index (χ4n) is 1.62. The molecule has 20 heavy (non-hydrogen) atoms. The standard InChI is InChI=1S/C13H14FN3O3/c1-17(7-6-12(18)19)8-11-15-16-13(20-11)9-2-4-10(14)5-3-9/h2-5H,6-8H2,1H3,(H,18,19). The van der Waals surface area contributed by atoms with Crippen LogP contribution >= 0.6 is 0 Å². The van der Waals surface area contributed by atoms with E-state index < -0.39 is 5.97 Å². The van der Waals surface area contributed by atoms with Gasteiger partial charge in [0.25, 0.3) is 0 Å². The van der Waals surface area contributed by atoms with E-state index in [0.29, 0.717) is 30.4 Å². The zero-order valence-corrected chi connectivity index (χ0v) is 10.9. The summed E-state index contributed by atoms with van der Waals surface area (Å²) in [6, 6.07) is 5.75. The molecule has 1 aromatic carbocycles. The Morgan fingerprint density at radius 1 is 1.35 bits per heavy atom. The number of rotatable bonds is 6. The van der Waals surface area contributed by atoms with Crippen LogP contribution in [0.15, 0.2) is 28.7 Å². The van der Waals surface area contributed by atoms with Crippen LogP contribution in [0.1, 0.15) is 12.3 Å². The van der Waals surface area contributed by atoms with E-state index in [4.69, 9.17) is 9.52 Å². The summed E-state index contributed by atoms with van der Waals surface area (Å²) in [6.07, 6.45) is 0.0510. The molecule has 2 rings (SSSR count). The summed E-state index contributed by atoms with van der Waals surface area (Å²) in [5.41, 5.74) is 0.637. The van der Waals surface area contributed by atoms with Crippen LogP contribution in [-0.2, 0) is 11.3 Å². The molecule has 2 aromatic rings. The van der Waals surface area contributed by atoms with Crippen LogP contribution in [-0.4, -0.2) is 39.8 Å². The van der Waals surface area contributed by atoms with Crippen LogP contribution in [0.4, 0.5) is 4.39 Å². The molecule has 0 aliphatic heterocycles. The second-order valence-electron chi connectivity index (χ2n) is 4.39. The van der Waals surface area contributed by atoms with Crippen molar-refractivity contribution in [3.63, 3.8) is 0 Å². The van der Waals surface area contributed by atoms with E-state index in [2.05, 4.69) is 10.2 Å². The molecule has 0 atom stereocenters. The van der Waals surface area contributed by atoms with Crippen molar-refractivity contribution in [3.8, 4) is 11.5 Å². The summed E-state index contributed by atoms with van der Waals surface area (Å²) >= 11 is 0. The first-order valence-electron chi connectivity index (χ1n) is 6.03. The van der Waals surface area contributed by atoms with E-state index in [9.17, 15) is 9.18 Å². The summed E-state index contributed by atoms with van der Waals surface area (Å²) in [5, 5.41) is 16.4. The molecular weight excluding hydrogens is 265 g/mol. The lowest BCUT2D eigenvalue weighted by atomic mass is 10.2. The number of carboxylic acid groups (broad SMARTS) is 1. The molecule has 1 N–H and O–H groups in total. The highest BCUT2D eigenvalue weighted by atomic mass is 19.1. The molecule has 1 aromatic heterocycles. The normalized spacial score (nSPS) is 10.9. The number of hydrogen-bond acceptors (Lipinski definition) is 5. The number of aromatic nitrogens is 2. The third-order valence-electron chi connectivity index (χ3n) is 2.67. The van der Waals surface area contributed by atoms with Crippen LogP contribution in [0, 0.1) is 5.82 Å². The van der Waals surface area contributed by atoms with Crippen molar-refractivity contribution in [2.45, 2.75) is 13.0 Å². The van der Waals surface area contributed by atoms with Gasteiger partial charge in [0.15, 0.2) is 0 Å². The number of carboxylic acids is 1. The molecule has 0 amide bonds. The molecule has 7 heteroatoms. The van der Waals surface area contributed by atoms with Crippen molar-refractivity contribution in [2.24, 2.45) is 0 Å². The third-order valence-corrected chi connectivity index (χ3v) is 2.67. The summed E-state index contributed by atoms with van der Waals surface area (Å²) in [5.74, 6) is -0.486. The van der Waals surface area contributed by atoms with Gasteiger partial charge in [-0.15, -0.1) is 10.2 Å². The van der Waals surface area contributed by atoms with Crippen molar-refractivity contribution < 1.29 is 18.7 Å². The van der Waals surface area contributed by atoms with E-state index in [1.54, 1.807) is 24.1 Å². The molecule has 0 saturated carbocycles. The van der Waals surface area contributed by atoms with Crippen molar-refractivity contribution in [1.29, 1.82) is 0 Å². The molecule has 0 aliphatic carbocycles. The minimum atomic E-state index is -0.852. The number of nitrogens with zero attached hydrogens (tertiary/aromatic N) is 3. The van der Waals surface area contributed by atoms with Crippen LogP contribution in [0.5, 0.6) is 0 Å². The van der Waals surface area contributed by atoms with Gasteiger partial charge < -0.3 is 9.52 Å². The van der Waals surface area contributed by atoms with Crippen molar-refractivity contribution in [3.05, 3.63) is 36.0 Å². The maximum Gasteiger partial charge on any atom is 0.304 e. The SMILES string of the molecule is CN(CCC(=O)O)Cc1nnc(-c2ccc(F)cc2)o1. The van der Waals surface area contributed by atoms with E-state index in [1.165, 1.54) is 12.1 Å². The molecular formula is C13H14FN3O3. The Bertz CT molecular complexity index is 583. The van der Waals surface area contributed by atoms with E-state index in [1.807, 2.05) is 0 Å². The second-order valence-corrected chi connectivity index (χ2v) is 4.39. The summed E-state index contributed by atoms with van der Waals surface area (Å²) in [4.78, 5) is 12.2. The maximum absolute atomic E-state index is 12.8. The lowest BCUT2D eigenvalue weighted by Gasteiger charge is -2.11. The molecule has 6 nitrogen and oxygen atoms in total. The Morgan fingerprint density at radius 3 is 2.70 bits per heavy atom. The number of benzene rings is 1. The first kappa shape index (κ1) is 14.1. The Labute approximate surface area is 114 Å². The molecule has 0 bridgehead atoms. The van der Waals surface area contributed by atoms with Gasteiger partial charge in [-0.1, -0.05) is 0 Å². The van der Waals surface area contributed by atoms with Crippen LogP contribution in [0.25, 0.3) is 11.5 Å². The predicted molar refractivity (Wildman–Crippen MR) is 68.3 cm³/mol. The van der Waals surface area contributed by atoms with Gasteiger partial charge in [0.05, 0.1) is 13.0 Å². The molecule has 106 valence electrons. The smallest absolute Gasteiger partial charge is 0.304 e. The molecule has 0 spiro atoms. The number of halogens is 1. The zero-order chi connectivity index (χ0) is 14.5. The zero-order valence-electron chi connectivity index (χ0n) is 10.9. The largest absolute Gasteiger partial charge is 0.481 e. The van der Waals surface area contributed by atoms with Gasteiger partial charge in [0.1, 0.15) is 5.82 Å². The molecule has 0 radical (unpaired) electrons. The third kappa shape index (κ3) is 3.86. The highest BCUT2D eigenvalue weighted by Gasteiger charge is 2.11.